The lowest BCUT2D eigenvalue weighted by Gasteiger charge is -2.15. The third kappa shape index (κ3) is 4.65. The Morgan fingerprint density at radius 3 is 2.74 bits per heavy atom. The molecule has 2 amide bonds. The quantitative estimate of drug-likeness (QED) is 0.515. The summed E-state index contributed by atoms with van der Waals surface area (Å²) in [5, 5.41) is 10.5. The average molecular weight is 480 g/mol. The highest BCUT2D eigenvalue weighted by molar-refractivity contribution is 7.17. The molecular formula is C26H29N3O4S. The van der Waals surface area contributed by atoms with Gasteiger partial charge in [-0.25, -0.2) is 0 Å². The number of carbonyl (C=O) groups excluding carboxylic acids is 2. The average Bonchev–Trinajstić information content (AvgIpc) is 3.59. The number of aryl methyl sites for hydroxylation is 3. The van der Waals surface area contributed by atoms with Crippen molar-refractivity contribution < 1.29 is 18.8 Å². The van der Waals surface area contributed by atoms with Gasteiger partial charge in [0.2, 0.25) is 0 Å². The summed E-state index contributed by atoms with van der Waals surface area (Å²) < 4.78 is 11.1. The van der Waals surface area contributed by atoms with Crippen LogP contribution in [0.15, 0.2) is 28.8 Å². The second kappa shape index (κ2) is 9.72. The maximum atomic E-state index is 13.2. The van der Waals surface area contributed by atoms with Crippen molar-refractivity contribution in [2.75, 3.05) is 18.5 Å². The molecule has 178 valence electrons. The molecule has 0 bridgehead atoms. The molecule has 5 rings (SSSR count). The van der Waals surface area contributed by atoms with Gasteiger partial charge < -0.3 is 19.9 Å². The second-order valence-corrected chi connectivity index (χ2v) is 10.2. The molecule has 1 unspecified atom stereocenters. The molecule has 1 saturated heterocycles. The fourth-order valence-electron chi connectivity index (χ4n) is 4.57. The number of benzene rings is 1. The van der Waals surface area contributed by atoms with Crippen LogP contribution in [0.3, 0.4) is 0 Å². The first-order valence-electron chi connectivity index (χ1n) is 11.9. The summed E-state index contributed by atoms with van der Waals surface area (Å²) in [6.07, 6.45) is 5.98. The lowest BCUT2D eigenvalue weighted by atomic mass is 9.95. The van der Waals surface area contributed by atoms with Gasteiger partial charge in [-0.3, -0.25) is 9.59 Å². The van der Waals surface area contributed by atoms with Crippen LogP contribution in [0.25, 0.3) is 11.3 Å². The van der Waals surface area contributed by atoms with Crippen molar-refractivity contribution in [2.24, 2.45) is 0 Å². The number of hydrogen-bond acceptors (Lipinski definition) is 6. The van der Waals surface area contributed by atoms with Gasteiger partial charge in [0.1, 0.15) is 5.00 Å². The highest BCUT2D eigenvalue weighted by atomic mass is 32.1. The van der Waals surface area contributed by atoms with Gasteiger partial charge in [0.05, 0.1) is 11.7 Å². The van der Waals surface area contributed by atoms with Crippen molar-refractivity contribution in [3.8, 4) is 11.3 Å². The number of amides is 2. The summed E-state index contributed by atoms with van der Waals surface area (Å²) in [5.41, 5.74) is 5.04. The number of anilines is 1. The third-order valence-corrected chi connectivity index (χ3v) is 7.88. The molecule has 1 aliphatic carbocycles. The van der Waals surface area contributed by atoms with Crippen molar-refractivity contribution >= 4 is 28.2 Å². The van der Waals surface area contributed by atoms with E-state index in [-0.39, 0.29) is 23.6 Å². The van der Waals surface area contributed by atoms with Gasteiger partial charge in [-0.1, -0.05) is 17.3 Å². The minimum absolute atomic E-state index is 0.0652. The number of thiophene rings is 1. The third-order valence-electron chi connectivity index (χ3n) is 6.67. The zero-order valence-corrected chi connectivity index (χ0v) is 20.3. The molecule has 1 aliphatic heterocycles. The van der Waals surface area contributed by atoms with Crippen LogP contribution < -0.4 is 10.6 Å². The highest BCUT2D eigenvalue weighted by Crippen LogP contribution is 2.38. The molecule has 3 heterocycles. The summed E-state index contributed by atoms with van der Waals surface area (Å²) in [6, 6.07) is 7.63. The van der Waals surface area contributed by atoms with Gasteiger partial charge >= 0.3 is 0 Å². The summed E-state index contributed by atoms with van der Waals surface area (Å²) in [6.45, 7) is 5.32. The van der Waals surface area contributed by atoms with E-state index in [4.69, 9.17) is 9.26 Å². The predicted molar refractivity (Wildman–Crippen MR) is 132 cm³/mol. The lowest BCUT2D eigenvalue weighted by Crippen LogP contribution is -2.32. The van der Waals surface area contributed by atoms with E-state index in [2.05, 4.69) is 15.8 Å². The van der Waals surface area contributed by atoms with Crippen LogP contribution in [-0.4, -0.2) is 36.2 Å². The summed E-state index contributed by atoms with van der Waals surface area (Å²) in [5.74, 6) is 0.0000309. The smallest absolute Gasteiger partial charge is 0.278 e. The molecule has 1 atom stereocenters. The Labute approximate surface area is 202 Å². The van der Waals surface area contributed by atoms with Gasteiger partial charge in [-0.05, 0) is 75.1 Å². The Morgan fingerprint density at radius 1 is 1.09 bits per heavy atom. The normalized spacial score (nSPS) is 17.4. The number of nitrogens with zero attached hydrogens (tertiary/aromatic N) is 1. The highest BCUT2D eigenvalue weighted by Gasteiger charge is 2.28. The Morgan fingerprint density at radius 2 is 1.94 bits per heavy atom. The summed E-state index contributed by atoms with van der Waals surface area (Å²) >= 11 is 1.50. The number of rotatable bonds is 6. The molecule has 7 nitrogen and oxygen atoms in total. The van der Waals surface area contributed by atoms with Crippen molar-refractivity contribution in [3.63, 3.8) is 0 Å². The topological polar surface area (TPSA) is 93.5 Å². The Hall–Kier alpha value is -2.97. The molecule has 1 aromatic carbocycles. The maximum Gasteiger partial charge on any atom is 0.278 e. The molecule has 2 aromatic heterocycles. The SMILES string of the molecule is Cc1ccc(-c2cc(C(=O)Nc3sc4c(c3C(=O)NCC3CCCO3)CCCC4)no2)cc1C. The molecule has 34 heavy (non-hydrogen) atoms. The van der Waals surface area contributed by atoms with Crippen molar-refractivity contribution in [2.45, 2.75) is 58.5 Å². The van der Waals surface area contributed by atoms with Crippen LogP contribution >= 0.6 is 11.3 Å². The molecule has 3 aromatic rings. The molecule has 1 fully saturated rings. The predicted octanol–water partition coefficient (Wildman–Crippen LogP) is 5.06. The maximum absolute atomic E-state index is 13.2. The molecule has 0 saturated carbocycles. The van der Waals surface area contributed by atoms with Gasteiger partial charge in [-0.2, -0.15) is 0 Å². The first-order chi connectivity index (χ1) is 16.5. The number of fused-ring (bicyclic) bond motifs is 1. The number of ether oxygens (including phenoxy) is 1. The fraction of sp³-hybridized carbons (Fsp3) is 0.423. The standard InChI is InChI=1S/C26H29N3O4S/c1-15-9-10-17(12-16(15)2)21-13-20(29-33-21)24(30)28-26-23(19-7-3-4-8-22(19)34-26)25(31)27-14-18-6-5-11-32-18/h9-10,12-13,18H,3-8,11,14H2,1-2H3,(H,27,31)(H,28,30). The van der Waals surface area contributed by atoms with Crippen LogP contribution in [0.4, 0.5) is 5.00 Å². The van der Waals surface area contributed by atoms with E-state index in [1.165, 1.54) is 21.8 Å². The molecule has 2 N–H and O–H groups in total. The monoisotopic (exact) mass is 479 g/mol. The fourth-order valence-corrected chi connectivity index (χ4v) is 5.86. The van der Waals surface area contributed by atoms with E-state index in [9.17, 15) is 9.59 Å². The van der Waals surface area contributed by atoms with Crippen LogP contribution in [-0.2, 0) is 17.6 Å². The van der Waals surface area contributed by atoms with Crippen LogP contribution in [0.2, 0.25) is 0 Å². The molecule has 8 heteroatoms. The number of carbonyl (C=O) groups is 2. The summed E-state index contributed by atoms with van der Waals surface area (Å²) in [4.78, 5) is 27.4. The van der Waals surface area contributed by atoms with Crippen LogP contribution in [0.1, 0.15) is 68.1 Å². The first kappa shape index (κ1) is 22.8. The Balaban J connectivity index is 1.36. The minimum atomic E-state index is -0.384. The lowest BCUT2D eigenvalue weighted by molar-refractivity contribution is 0.0858. The van der Waals surface area contributed by atoms with Crippen molar-refractivity contribution in [1.29, 1.82) is 0 Å². The van der Waals surface area contributed by atoms with E-state index in [1.54, 1.807) is 6.07 Å². The van der Waals surface area contributed by atoms with E-state index >= 15 is 0 Å². The Bertz CT molecular complexity index is 1220. The van der Waals surface area contributed by atoms with E-state index in [0.29, 0.717) is 22.9 Å². The molecule has 0 spiro atoms. The van der Waals surface area contributed by atoms with E-state index in [0.717, 1.165) is 61.8 Å². The van der Waals surface area contributed by atoms with Crippen molar-refractivity contribution in [3.05, 3.63) is 57.1 Å². The summed E-state index contributed by atoms with van der Waals surface area (Å²) in [7, 11) is 0. The molecular weight excluding hydrogens is 450 g/mol. The zero-order chi connectivity index (χ0) is 23.7. The van der Waals surface area contributed by atoms with Gasteiger partial charge in [0.15, 0.2) is 11.5 Å². The van der Waals surface area contributed by atoms with E-state index < -0.39 is 0 Å². The molecule has 0 radical (unpaired) electrons. The van der Waals surface area contributed by atoms with Crippen LogP contribution in [0, 0.1) is 13.8 Å². The zero-order valence-electron chi connectivity index (χ0n) is 19.5. The van der Waals surface area contributed by atoms with Gasteiger partial charge in [-0.15, -0.1) is 11.3 Å². The molecule has 2 aliphatic rings. The van der Waals surface area contributed by atoms with Crippen LogP contribution in [0.5, 0.6) is 0 Å². The van der Waals surface area contributed by atoms with E-state index in [1.807, 2.05) is 32.0 Å². The first-order valence-corrected chi connectivity index (χ1v) is 12.7. The van der Waals surface area contributed by atoms with Gasteiger partial charge in [0.25, 0.3) is 11.8 Å². The second-order valence-electron chi connectivity index (χ2n) is 9.09. The van der Waals surface area contributed by atoms with Crippen molar-refractivity contribution in [1.82, 2.24) is 10.5 Å². The number of nitrogens with one attached hydrogen (secondary N) is 2. The Kier molecular flexibility index (Phi) is 6.52. The number of aromatic nitrogens is 1. The minimum Gasteiger partial charge on any atom is -0.376 e. The van der Waals surface area contributed by atoms with Gasteiger partial charge in [0, 0.05) is 29.7 Å². The number of hydrogen-bond donors (Lipinski definition) is 2. The largest absolute Gasteiger partial charge is 0.376 e.